The summed E-state index contributed by atoms with van der Waals surface area (Å²) in [5.41, 5.74) is 16.4. The summed E-state index contributed by atoms with van der Waals surface area (Å²) >= 11 is 7.70. The summed E-state index contributed by atoms with van der Waals surface area (Å²) in [6.45, 7) is 0. The van der Waals surface area contributed by atoms with Gasteiger partial charge in [-0.2, -0.15) is 0 Å². The van der Waals surface area contributed by atoms with Gasteiger partial charge in [-0.1, -0.05) is 165 Å². The van der Waals surface area contributed by atoms with Gasteiger partial charge in [0.15, 0.2) is 0 Å². The third kappa shape index (κ3) is 5.53. The molecule has 54 heavy (non-hydrogen) atoms. The van der Waals surface area contributed by atoms with Gasteiger partial charge in [0.2, 0.25) is 0 Å². The van der Waals surface area contributed by atoms with Crippen LogP contribution in [0.1, 0.15) is 0 Å². The van der Waals surface area contributed by atoms with E-state index in [1.165, 1.54) is 66.3 Å². The van der Waals surface area contributed by atoms with E-state index in [0.717, 1.165) is 31.4 Å². The lowest BCUT2D eigenvalue weighted by molar-refractivity contribution is 1.17. The molecule has 4 heteroatoms. The summed E-state index contributed by atoms with van der Waals surface area (Å²) in [6, 6.07) is 70.0. The highest BCUT2D eigenvalue weighted by atomic mass is 79.9. The second kappa shape index (κ2) is 13.5. The second-order valence-electron chi connectivity index (χ2n) is 13.6. The van der Waals surface area contributed by atoms with E-state index in [1.807, 2.05) is 0 Å². The number of halogens is 2. The highest BCUT2D eigenvalue weighted by molar-refractivity contribution is 9.10. The van der Waals surface area contributed by atoms with Crippen molar-refractivity contribution in [2.45, 2.75) is 0 Å². The lowest BCUT2D eigenvalue weighted by Crippen LogP contribution is -1.97. The molecule has 256 valence electrons. The third-order valence-electron chi connectivity index (χ3n) is 10.4. The maximum Gasteiger partial charge on any atom is 0.0804 e. The fourth-order valence-electron chi connectivity index (χ4n) is 8.05. The fraction of sp³-hybridized carbons (Fsp3) is 0. The normalized spacial score (nSPS) is 11.5. The lowest BCUT2D eigenvalue weighted by atomic mass is 9.98. The molecule has 0 radical (unpaired) electrons. The quantitative estimate of drug-likeness (QED) is 0.158. The number of para-hydroxylation sites is 2. The number of hydrogen-bond donors (Lipinski definition) is 0. The van der Waals surface area contributed by atoms with Crippen LogP contribution in [0.4, 0.5) is 0 Å². The van der Waals surface area contributed by atoms with Crippen LogP contribution in [0.25, 0.3) is 88.7 Å². The Labute approximate surface area is 330 Å². The van der Waals surface area contributed by atoms with Crippen molar-refractivity contribution in [2.24, 2.45) is 0 Å². The Morgan fingerprint density at radius 2 is 0.667 bits per heavy atom. The first-order valence-electron chi connectivity index (χ1n) is 18.1. The van der Waals surface area contributed by atoms with E-state index in [1.54, 1.807) is 0 Å². The zero-order valence-corrected chi connectivity index (χ0v) is 32.3. The molecule has 0 fully saturated rings. The predicted molar refractivity (Wildman–Crippen MR) is 235 cm³/mol. The Morgan fingerprint density at radius 1 is 0.296 bits per heavy atom. The third-order valence-corrected chi connectivity index (χ3v) is 11.4. The van der Waals surface area contributed by atoms with E-state index < -0.39 is 0 Å². The molecule has 2 nitrogen and oxygen atoms in total. The molecule has 0 saturated heterocycles. The van der Waals surface area contributed by atoms with Crippen LogP contribution in [-0.4, -0.2) is 9.13 Å². The molecule has 0 spiro atoms. The number of aromatic nitrogens is 2. The maximum atomic E-state index is 3.85. The molecular weight excluding hydrogens is 788 g/mol. The first kappa shape index (κ1) is 32.7. The summed E-state index contributed by atoms with van der Waals surface area (Å²) in [5, 5.41) is 2.36. The van der Waals surface area contributed by atoms with E-state index in [9.17, 15) is 0 Å². The molecule has 2 aromatic heterocycles. The van der Waals surface area contributed by atoms with Crippen LogP contribution in [0.15, 0.2) is 203 Å². The first-order chi connectivity index (χ1) is 26.6. The van der Waals surface area contributed by atoms with E-state index in [2.05, 4.69) is 235 Å². The van der Waals surface area contributed by atoms with Crippen LogP contribution in [0.3, 0.4) is 0 Å². The van der Waals surface area contributed by atoms with Crippen molar-refractivity contribution in [3.05, 3.63) is 203 Å². The molecule has 8 aromatic carbocycles. The van der Waals surface area contributed by atoms with Crippen LogP contribution in [0.5, 0.6) is 0 Å². The molecule has 0 atom stereocenters. The molecule has 0 N–H and O–H groups in total. The Hall–Kier alpha value is -5.94. The van der Waals surface area contributed by atoms with Gasteiger partial charge < -0.3 is 9.13 Å². The minimum absolute atomic E-state index is 1.04. The van der Waals surface area contributed by atoms with Crippen molar-refractivity contribution in [1.29, 1.82) is 0 Å². The number of benzene rings is 8. The van der Waals surface area contributed by atoms with Gasteiger partial charge in [-0.05, 0) is 94.0 Å². The number of hydrogen-bond acceptors (Lipinski definition) is 0. The topological polar surface area (TPSA) is 9.86 Å². The van der Waals surface area contributed by atoms with E-state index in [0.29, 0.717) is 0 Å². The van der Waals surface area contributed by atoms with Gasteiger partial charge in [-0.15, -0.1) is 0 Å². The smallest absolute Gasteiger partial charge is 0.0804 e. The largest absolute Gasteiger partial charge is 0.306 e. The summed E-state index contributed by atoms with van der Waals surface area (Å²) in [6.07, 6.45) is 0. The molecule has 0 aliphatic carbocycles. The van der Waals surface area contributed by atoms with Crippen LogP contribution in [-0.2, 0) is 0 Å². The van der Waals surface area contributed by atoms with E-state index in [-0.39, 0.29) is 0 Å². The van der Waals surface area contributed by atoms with E-state index in [4.69, 9.17) is 0 Å². The number of nitrogens with zero attached hydrogens (tertiary/aromatic N) is 2. The summed E-state index contributed by atoms with van der Waals surface area (Å²) in [5.74, 6) is 0. The van der Waals surface area contributed by atoms with Crippen molar-refractivity contribution in [3.8, 4) is 55.9 Å². The molecule has 10 rings (SSSR count). The van der Waals surface area contributed by atoms with Gasteiger partial charge in [0.25, 0.3) is 0 Å². The fourth-order valence-corrected chi connectivity index (χ4v) is 8.75. The molecule has 0 unspecified atom stereocenters. The maximum absolute atomic E-state index is 3.85. The summed E-state index contributed by atoms with van der Waals surface area (Å²) in [4.78, 5) is 0. The van der Waals surface area contributed by atoms with Crippen LogP contribution in [0.2, 0.25) is 0 Å². The highest BCUT2D eigenvalue weighted by Gasteiger charge is 2.25. The minimum Gasteiger partial charge on any atom is -0.306 e. The van der Waals surface area contributed by atoms with Crippen molar-refractivity contribution >= 4 is 64.7 Å². The van der Waals surface area contributed by atoms with Gasteiger partial charge in [-0.25, -0.2) is 0 Å². The van der Waals surface area contributed by atoms with Crippen LogP contribution < -0.4 is 0 Å². The van der Waals surface area contributed by atoms with Gasteiger partial charge in [-0.3, -0.25) is 0 Å². The average molecular weight is 821 g/mol. The van der Waals surface area contributed by atoms with Gasteiger partial charge in [0.1, 0.15) is 0 Å². The minimum atomic E-state index is 1.04. The summed E-state index contributed by atoms with van der Waals surface area (Å²) < 4.78 is 7.03. The summed E-state index contributed by atoms with van der Waals surface area (Å²) in [7, 11) is 0. The molecule has 0 aliphatic rings. The Morgan fingerprint density at radius 3 is 1.11 bits per heavy atom. The average Bonchev–Trinajstić information content (AvgIpc) is 3.72. The molecule has 2 heterocycles. The Bertz CT molecular complexity index is 2800. The zero-order chi connectivity index (χ0) is 36.2. The Kier molecular flexibility index (Phi) is 8.16. The number of fused-ring (bicyclic) bond motifs is 5. The van der Waals surface area contributed by atoms with Gasteiger partial charge in [0.05, 0.1) is 33.4 Å². The molecule has 0 aliphatic heterocycles. The second-order valence-corrected chi connectivity index (χ2v) is 15.5. The van der Waals surface area contributed by atoms with Gasteiger partial charge in [0, 0.05) is 30.8 Å². The molecule has 10 aromatic rings. The van der Waals surface area contributed by atoms with E-state index >= 15 is 0 Å². The zero-order valence-electron chi connectivity index (χ0n) is 29.1. The molecule has 0 amide bonds. The Balaban J connectivity index is 1.27. The predicted octanol–water partition coefficient (Wildman–Crippen LogP) is 14.9. The molecular formula is C50H32Br2N2. The molecule has 0 saturated carbocycles. The lowest BCUT2D eigenvalue weighted by Gasteiger charge is -2.15. The van der Waals surface area contributed by atoms with Crippen LogP contribution in [0, 0.1) is 0 Å². The van der Waals surface area contributed by atoms with Gasteiger partial charge >= 0.3 is 0 Å². The SMILES string of the molecule is Brc1ccc2c(c1)n(-c1ccccc1-c1cccc(-c3ccccc3)c1)c1c3ccc(Br)cc3n(-c3ccccc3-c3cccc(-c4ccccc4)c3)c21. The van der Waals surface area contributed by atoms with Crippen molar-refractivity contribution in [2.75, 3.05) is 0 Å². The van der Waals surface area contributed by atoms with Crippen molar-refractivity contribution in [1.82, 2.24) is 9.13 Å². The monoisotopic (exact) mass is 818 g/mol. The first-order valence-corrected chi connectivity index (χ1v) is 19.7. The van der Waals surface area contributed by atoms with Crippen molar-refractivity contribution < 1.29 is 0 Å². The molecule has 0 bridgehead atoms. The van der Waals surface area contributed by atoms with Crippen molar-refractivity contribution in [3.63, 3.8) is 0 Å². The highest BCUT2D eigenvalue weighted by Crippen LogP contribution is 2.45. The number of rotatable bonds is 6. The standard InChI is InChI=1S/C50H32Br2N2/c51-39-25-27-43-47(31-39)53(45-23-9-7-21-41(45)37-19-11-17-35(29-37)33-13-3-1-4-14-33)49-44-28-26-40(52)32-48(44)54(50(43)49)46-24-10-8-22-42(46)38-20-12-18-36(30-38)34-15-5-2-6-16-34/h1-32H. The van der Waals surface area contributed by atoms with Crippen LogP contribution >= 0.6 is 31.9 Å².